The fourth-order valence-electron chi connectivity index (χ4n) is 1.83. The molecule has 0 aliphatic heterocycles. The molecule has 0 atom stereocenters. The molecule has 2 rings (SSSR count). The summed E-state index contributed by atoms with van der Waals surface area (Å²) in [5.74, 6) is 0.843. The number of nitrogens with one attached hydrogen (secondary N) is 1. The van der Waals surface area contributed by atoms with Crippen LogP contribution in [-0.4, -0.2) is 17.3 Å². The van der Waals surface area contributed by atoms with Gasteiger partial charge in [-0.2, -0.15) is 5.10 Å². The number of H-pyrrole nitrogens is 1. The quantitative estimate of drug-likeness (QED) is 0.775. The van der Waals surface area contributed by atoms with E-state index < -0.39 is 0 Å². The van der Waals surface area contributed by atoms with Crippen molar-refractivity contribution in [2.75, 3.05) is 7.11 Å². The summed E-state index contributed by atoms with van der Waals surface area (Å²) in [6.07, 6.45) is 1.86. The van der Waals surface area contributed by atoms with E-state index in [1.807, 2.05) is 12.3 Å². The van der Waals surface area contributed by atoms with Crippen LogP contribution in [0.4, 0.5) is 0 Å². The molecule has 1 aromatic carbocycles. The molecule has 80 valence electrons. The highest BCUT2D eigenvalue weighted by Gasteiger charge is 2.19. The van der Waals surface area contributed by atoms with Crippen LogP contribution in [0, 0.1) is 0 Å². The average molecular weight is 204 g/mol. The number of methoxy groups -OCH3 is 1. The number of ether oxygens (including phenoxy) is 1. The van der Waals surface area contributed by atoms with Gasteiger partial charge in [-0.1, -0.05) is 26.8 Å². The third kappa shape index (κ3) is 1.58. The fraction of sp³-hybridized carbons (Fsp3) is 0.417. The van der Waals surface area contributed by atoms with Crippen LogP contribution in [0.1, 0.15) is 26.3 Å². The SMILES string of the molecule is COc1ccc(C(C)(C)C)c2cn[nH]c12. The highest BCUT2D eigenvalue weighted by Crippen LogP contribution is 2.33. The predicted molar refractivity (Wildman–Crippen MR) is 61.3 cm³/mol. The Morgan fingerprint density at radius 3 is 2.60 bits per heavy atom. The summed E-state index contributed by atoms with van der Waals surface area (Å²) in [5.41, 5.74) is 2.38. The van der Waals surface area contributed by atoms with Crippen molar-refractivity contribution in [2.24, 2.45) is 0 Å². The molecule has 0 amide bonds. The number of rotatable bonds is 1. The average Bonchev–Trinajstić information content (AvgIpc) is 2.62. The predicted octanol–water partition coefficient (Wildman–Crippen LogP) is 2.87. The lowest BCUT2D eigenvalue weighted by Crippen LogP contribution is -2.11. The van der Waals surface area contributed by atoms with Gasteiger partial charge in [0.05, 0.1) is 13.3 Å². The molecular weight excluding hydrogens is 188 g/mol. The minimum Gasteiger partial charge on any atom is -0.494 e. The second kappa shape index (κ2) is 3.26. The Morgan fingerprint density at radius 2 is 2.00 bits per heavy atom. The van der Waals surface area contributed by atoms with E-state index in [1.54, 1.807) is 7.11 Å². The molecule has 3 nitrogen and oxygen atoms in total. The molecule has 0 aliphatic carbocycles. The van der Waals surface area contributed by atoms with Gasteiger partial charge >= 0.3 is 0 Å². The first-order chi connectivity index (χ1) is 7.04. The normalized spacial score (nSPS) is 12.0. The number of fused-ring (bicyclic) bond motifs is 1. The van der Waals surface area contributed by atoms with Crippen LogP contribution in [0.3, 0.4) is 0 Å². The van der Waals surface area contributed by atoms with Gasteiger partial charge in [0.25, 0.3) is 0 Å². The molecule has 1 heterocycles. The van der Waals surface area contributed by atoms with Crippen molar-refractivity contribution >= 4 is 10.9 Å². The van der Waals surface area contributed by atoms with Crippen molar-refractivity contribution in [1.29, 1.82) is 0 Å². The van der Waals surface area contributed by atoms with E-state index in [4.69, 9.17) is 4.74 Å². The summed E-state index contributed by atoms with van der Waals surface area (Å²) in [6.45, 7) is 6.59. The minimum absolute atomic E-state index is 0.119. The second-order valence-corrected chi connectivity index (χ2v) is 4.72. The van der Waals surface area contributed by atoms with E-state index in [0.717, 1.165) is 16.7 Å². The van der Waals surface area contributed by atoms with E-state index in [0.29, 0.717) is 0 Å². The highest BCUT2D eigenvalue weighted by molar-refractivity contribution is 5.87. The van der Waals surface area contributed by atoms with Crippen LogP contribution in [0.5, 0.6) is 5.75 Å². The first-order valence-electron chi connectivity index (χ1n) is 5.04. The van der Waals surface area contributed by atoms with E-state index in [9.17, 15) is 0 Å². The molecule has 1 N–H and O–H groups in total. The van der Waals surface area contributed by atoms with Crippen LogP contribution in [0.25, 0.3) is 10.9 Å². The van der Waals surface area contributed by atoms with Gasteiger partial charge in [0.15, 0.2) is 0 Å². The first kappa shape index (κ1) is 10.0. The lowest BCUT2D eigenvalue weighted by Gasteiger charge is -2.20. The van der Waals surface area contributed by atoms with Crippen LogP contribution < -0.4 is 4.74 Å². The standard InChI is InChI=1S/C12H16N2O/c1-12(2,3)9-5-6-10(15-4)11-8(9)7-13-14-11/h5-7H,1-4H3,(H,13,14). The molecular formula is C12H16N2O. The molecule has 0 bridgehead atoms. The van der Waals surface area contributed by atoms with Gasteiger partial charge in [-0.25, -0.2) is 0 Å². The van der Waals surface area contributed by atoms with Crippen molar-refractivity contribution in [3.05, 3.63) is 23.9 Å². The molecule has 0 radical (unpaired) electrons. The van der Waals surface area contributed by atoms with E-state index in [2.05, 4.69) is 37.0 Å². The second-order valence-electron chi connectivity index (χ2n) is 4.72. The Morgan fingerprint density at radius 1 is 1.27 bits per heavy atom. The maximum absolute atomic E-state index is 5.28. The minimum atomic E-state index is 0.119. The molecule has 0 fully saturated rings. The van der Waals surface area contributed by atoms with Gasteiger partial charge in [-0.3, -0.25) is 5.10 Å². The monoisotopic (exact) mass is 204 g/mol. The first-order valence-corrected chi connectivity index (χ1v) is 5.04. The lowest BCUT2D eigenvalue weighted by molar-refractivity contribution is 0.418. The van der Waals surface area contributed by atoms with Crippen molar-refractivity contribution in [1.82, 2.24) is 10.2 Å². The van der Waals surface area contributed by atoms with E-state index >= 15 is 0 Å². The van der Waals surface area contributed by atoms with Gasteiger partial charge in [-0.15, -0.1) is 0 Å². The van der Waals surface area contributed by atoms with Crippen LogP contribution in [0.15, 0.2) is 18.3 Å². The van der Waals surface area contributed by atoms with Gasteiger partial charge < -0.3 is 4.74 Å². The largest absolute Gasteiger partial charge is 0.494 e. The molecule has 3 heteroatoms. The summed E-state index contributed by atoms with van der Waals surface area (Å²) in [4.78, 5) is 0. The fourth-order valence-corrected chi connectivity index (χ4v) is 1.83. The molecule has 0 saturated carbocycles. The molecule has 0 spiro atoms. The third-order valence-corrected chi connectivity index (χ3v) is 2.61. The van der Waals surface area contributed by atoms with Gasteiger partial charge in [-0.05, 0) is 17.0 Å². The smallest absolute Gasteiger partial charge is 0.144 e. The molecule has 2 aromatic rings. The number of aromatic nitrogens is 2. The summed E-state index contributed by atoms with van der Waals surface area (Å²) in [7, 11) is 1.67. The van der Waals surface area contributed by atoms with Gasteiger partial charge in [0, 0.05) is 5.39 Å². The molecule has 0 unspecified atom stereocenters. The van der Waals surface area contributed by atoms with Gasteiger partial charge in [0.2, 0.25) is 0 Å². The highest BCUT2D eigenvalue weighted by atomic mass is 16.5. The van der Waals surface area contributed by atoms with Crippen LogP contribution in [0.2, 0.25) is 0 Å². The Kier molecular flexibility index (Phi) is 2.18. The Balaban J connectivity index is 2.74. The summed E-state index contributed by atoms with van der Waals surface area (Å²) in [6, 6.07) is 4.10. The molecule has 0 aliphatic rings. The molecule has 15 heavy (non-hydrogen) atoms. The Hall–Kier alpha value is -1.51. The summed E-state index contributed by atoms with van der Waals surface area (Å²) in [5, 5.41) is 8.20. The molecule has 0 saturated heterocycles. The van der Waals surface area contributed by atoms with Crippen molar-refractivity contribution in [3.63, 3.8) is 0 Å². The zero-order chi connectivity index (χ0) is 11.1. The number of aromatic amines is 1. The Bertz CT molecular complexity index is 480. The van der Waals surface area contributed by atoms with Crippen molar-refractivity contribution < 1.29 is 4.74 Å². The van der Waals surface area contributed by atoms with Crippen LogP contribution in [-0.2, 0) is 5.41 Å². The summed E-state index contributed by atoms with van der Waals surface area (Å²) < 4.78 is 5.28. The molecule has 1 aromatic heterocycles. The third-order valence-electron chi connectivity index (χ3n) is 2.61. The topological polar surface area (TPSA) is 37.9 Å². The van der Waals surface area contributed by atoms with Crippen LogP contribution >= 0.6 is 0 Å². The van der Waals surface area contributed by atoms with E-state index in [1.165, 1.54) is 5.56 Å². The lowest BCUT2D eigenvalue weighted by atomic mass is 9.85. The zero-order valence-electron chi connectivity index (χ0n) is 9.59. The maximum Gasteiger partial charge on any atom is 0.144 e. The number of nitrogens with zero attached hydrogens (tertiary/aromatic N) is 1. The van der Waals surface area contributed by atoms with Gasteiger partial charge in [0.1, 0.15) is 11.3 Å². The Labute approximate surface area is 89.4 Å². The van der Waals surface area contributed by atoms with Crippen molar-refractivity contribution in [2.45, 2.75) is 26.2 Å². The van der Waals surface area contributed by atoms with Crippen molar-refractivity contribution in [3.8, 4) is 5.75 Å². The summed E-state index contributed by atoms with van der Waals surface area (Å²) >= 11 is 0. The maximum atomic E-state index is 5.28. The number of hydrogen-bond donors (Lipinski definition) is 1. The number of hydrogen-bond acceptors (Lipinski definition) is 2. The van der Waals surface area contributed by atoms with E-state index in [-0.39, 0.29) is 5.41 Å². The number of benzene rings is 1. The zero-order valence-corrected chi connectivity index (χ0v) is 9.59.